The van der Waals surface area contributed by atoms with Gasteiger partial charge in [0.05, 0.1) is 6.04 Å². The summed E-state index contributed by atoms with van der Waals surface area (Å²) in [5.74, 6) is 0. The number of halogens is 1. The third kappa shape index (κ3) is 10.9. The zero-order valence-corrected chi connectivity index (χ0v) is 14.9. The van der Waals surface area contributed by atoms with Crippen molar-refractivity contribution in [3.63, 3.8) is 0 Å². The predicted molar refractivity (Wildman–Crippen MR) is 90.6 cm³/mol. The van der Waals surface area contributed by atoms with E-state index in [1.807, 2.05) is 13.8 Å². The topological polar surface area (TPSA) is 24.7 Å². The van der Waals surface area contributed by atoms with E-state index in [2.05, 4.69) is 65.0 Å². The fourth-order valence-corrected chi connectivity index (χ4v) is 0.962. The molecule has 0 bridgehead atoms. The number of hydrogen-bond acceptors (Lipinski definition) is 1. The Morgan fingerprint density at radius 3 is 1.79 bits per heavy atom. The normalized spacial score (nSPS) is 15.5. The molecule has 0 saturated carbocycles. The van der Waals surface area contributed by atoms with Gasteiger partial charge in [0, 0.05) is 11.1 Å². The van der Waals surface area contributed by atoms with Gasteiger partial charge >= 0.3 is 0 Å². The highest BCUT2D eigenvalue weighted by molar-refractivity contribution is 6.65. The molecular weight excluding hydrogens is 256 g/mol. The Morgan fingerprint density at radius 2 is 1.53 bits per heavy atom. The van der Waals surface area contributed by atoms with Crippen molar-refractivity contribution in [2.24, 2.45) is 20.8 Å². The molecule has 2 nitrogen and oxygen atoms in total. The van der Waals surface area contributed by atoms with Crippen LogP contribution in [0.1, 0.15) is 62.3 Å². The van der Waals surface area contributed by atoms with Crippen LogP contribution in [0.15, 0.2) is 22.6 Å². The standard InChI is InChI=1S/C13H25ClN2.C3H6/c1-9(12(3,4)5)15-11(14)16-10(2)13(6,7)8;1-3-2/h9H,1-8H3;3H,1H2,2H3/b15-11?,16-10+;. The van der Waals surface area contributed by atoms with Crippen LogP contribution in [0.2, 0.25) is 0 Å². The lowest BCUT2D eigenvalue weighted by molar-refractivity contribution is 0.342. The van der Waals surface area contributed by atoms with Gasteiger partial charge in [0.2, 0.25) is 5.29 Å². The van der Waals surface area contributed by atoms with Crippen LogP contribution in [0.25, 0.3) is 0 Å². The molecule has 0 aromatic rings. The molecule has 0 N–H and O–H groups in total. The fraction of sp³-hybridized carbons (Fsp3) is 0.750. The van der Waals surface area contributed by atoms with Gasteiger partial charge in [0.1, 0.15) is 0 Å². The second-order valence-corrected chi connectivity index (χ2v) is 7.13. The van der Waals surface area contributed by atoms with Crippen LogP contribution in [-0.4, -0.2) is 17.0 Å². The number of nitrogens with zero attached hydrogens (tertiary/aromatic N) is 2. The molecule has 0 amide bonds. The highest BCUT2D eigenvalue weighted by Crippen LogP contribution is 2.22. The van der Waals surface area contributed by atoms with E-state index < -0.39 is 0 Å². The molecule has 0 aromatic heterocycles. The van der Waals surface area contributed by atoms with Gasteiger partial charge < -0.3 is 0 Å². The van der Waals surface area contributed by atoms with E-state index in [0.29, 0.717) is 5.29 Å². The molecule has 0 saturated heterocycles. The fourth-order valence-electron chi connectivity index (χ4n) is 0.688. The Bertz CT molecular complexity index is 328. The summed E-state index contributed by atoms with van der Waals surface area (Å²) in [4.78, 5) is 8.73. The maximum Gasteiger partial charge on any atom is 0.217 e. The molecule has 0 rings (SSSR count). The van der Waals surface area contributed by atoms with Crippen LogP contribution in [0.5, 0.6) is 0 Å². The zero-order valence-electron chi connectivity index (χ0n) is 14.1. The van der Waals surface area contributed by atoms with E-state index >= 15 is 0 Å². The van der Waals surface area contributed by atoms with Crippen molar-refractivity contribution in [2.75, 3.05) is 0 Å². The molecule has 0 radical (unpaired) electrons. The maximum atomic E-state index is 6.05. The molecule has 0 aliphatic carbocycles. The van der Waals surface area contributed by atoms with Crippen LogP contribution < -0.4 is 0 Å². The smallest absolute Gasteiger partial charge is 0.217 e. The van der Waals surface area contributed by atoms with Gasteiger partial charge in [-0.2, -0.15) is 0 Å². The first-order chi connectivity index (χ1) is 8.36. The van der Waals surface area contributed by atoms with E-state index in [0.717, 1.165) is 5.71 Å². The Balaban J connectivity index is 0. The minimum absolute atomic E-state index is 0.0423. The van der Waals surface area contributed by atoms with Crippen LogP contribution in [0.4, 0.5) is 0 Å². The largest absolute Gasteiger partial charge is 0.253 e. The van der Waals surface area contributed by atoms with Gasteiger partial charge in [-0.1, -0.05) is 47.6 Å². The SMILES string of the molecule is C/C(=N\C(Cl)=NC(C)C(C)(C)C)C(C)(C)C.C=CC. The zero-order chi connectivity index (χ0) is 15.9. The number of allylic oxidation sites excluding steroid dienone is 1. The molecule has 3 heteroatoms. The van der Waals surface area contributed by atoms with Crippen molar-refractivity contribution in [3.05, 3.63) is 12.7 Å². The number of aliphatic imine (C=N–C) groups is 2. The second-order valence-electron chi connectivity index (χ2n) is 6.80. The van der Waals surface area contributed by atoms with Gasteiger partial charge in [-0.05, 0) is 37.8 Å². The third-order valence-corrected chi connectivity index (χ3v) is 3.08. The van der Waals surface area contributed by atoms with Crippen LogP contribution in [0.3, 0.4) is 0 Å². The van der Waals surface area contributed by atoms with Gasteiger partial charge in [-0.15, -0.1) is 6.58 Å². The van der Waals surface area contributed by atoms with E-state index in [9.17, 15) is 0 Å². The van der Waals surface area contributed by atoms with E-state index in [1.54, 1.807) is 6.08 Å². The lowest BCUT2D eigenvalue weighted by Crippen LogP contribution is -2.22. The van der Waals surface area contributed by atoms with Crippen molar-refractivity contribution < 1.29 is 0 Å². The van der Waals surface area contributed by atoms with Gasteiger partial charge in [-0.25, -0.2) is 4.99 Å². The summed E-state index contributed by atoms with van der Waals surface area (Å²) in [6, 6.07) is 0.163. The predicted octanol–water partition coefficient (Wildman–Crippen LogP) is 5.72. The summed E-state index contributed by atoms with van der Waals surface area (Å²) in [6.45, 7) is 22.1. The molecular formula is C16H31ClN2. The lowest BCUT2D eigenvalue weighted by atomic mass is 9.89. The molecule has 1 unspecified atom stereocenters. The Kier molecular flexibility index (Phi) is 9.28. The minimum Gasteiger partial charge on any atom is -0.253 e. The van der Waals surface area contributed by atoms with E-state index in [1.165, 1.54) is 0 Å². The lowest BCUT2D eigenvalue weighted by Gasteiger charge is -2.23. The quantitative estimate of drug-likeness (QED) is 0.255. The highest BCUT2D eigenvalue weighted by atomic mass is 35.5. The van der Waals surface area contributed by atoms with Crippen molar-refractivity contribution in [2.45, 2.75) is 68.4 Å². The molecule has 0 aliphatic rings. The van der Waals surface area contributed by atoms with E-state index in [4.69, 9.17) is 11.6 Å². The summed E-state index contributed by atoms with van der Waals surface area (Å²) in [7, 11) is 0. The summed E-state index contributed by atoms with van der Waals surface area (Å²) >= 11 is 6.05. The second kappa shape index (κ2) is 8.52. The Labute approximate surface area is 125 Å². The van der Waals surface area contributed by atoms with Crippen molar-refractivity contribution in [1.82, 2.24) is 0 Å². The van der Waals surface area contributed by atoms with Crippen molar-refractivity contribution in [1.29, 1.82) is 0 Å². The first kappa shape index (κ1) is 20.7. The van der Waals surface area contributed by atoms with Crippen molar-refractivity contribution in [3.8, 4) is 0 Å². The Morgan fingerprint density at radius 1 is 1.16 bits per heavy atom. The monoisotopic (exact) mass is 286 g/mol. The molecule has 0 aromatic carbocycles. The molecule has 112 valence electrons. The summed E-state index contributed by atoms with van der Waals surface area (Å²) in [5.41, 5.74) is 1.16. The first-order valence-electron chi connectivity index (χ1n) is 6.72. The first-order valence-corrected chi connectivity index (χ1v) is 7.10. The Hall–Kier alpha value is -0.630. The average Bonchev–Trinajstić information content (AvgIpc) is 2.15. The molecule has 0 fully saturated rings. The van der Waals surface area contributed by atoms with E-state index in [-0.39, 0.29) is 16.9 Å². The summed E-state index contributed by atoms with van der Waals surface area (Å²) in [5, 5.41) is 0.356. The minimum atomic E-state index is 0.0423. The summed E-state index contributed by atoms with van der Waals surface area (Å²) in [6.07, 6.45) is 1.75. The van der Waals surface area contributed by atoms with Crippen LogP contribution in [-0.2, 0) is 0 Å². The average molecular weight is 287 g/mol. The van der Waals surface area contributed by atoms with Gasteiger partial charge in [0.25, 0.3) is 0 Å². The van der Waals surface area contributed by atoms with Crippen LogP contribution in [0, 0.1) is 10.8 Å². The molecule has 0 heterocycles. The van der Waals surface area contributed by atoms with Gasteiger partial charge in [-0.3, -0.25) is 4.99 Å². The van der Waals surface area contributed by atoms with Crippen LogP contribution >= 0.6 is 11.6 Å². The molecule has 0 aliphatic heterocycles. The highest BCUT2D eigenvalue weighted by Gasteiger charge is 2.20. The summed E-state index contributed by atoms with van der Waals surface area (Å²) < 4.78 is 0. The third-order valence-electron chi connectivity index (χ3n) is 2.90. The van der Waals surface area contributed by atoms with Crippen molar-refractivity contribution >= 4 is 22.6 Å². The molecule has 19 heavy (non-hydrogen) atoms. The number of rotatable bonds is 1. The number of hydrogen-bond donors (Lipinski definition) is 0. The maximum absolute atomic E-state index is 6.05. The molecule has 0 spiro atoms. The van der Waals surface area contributed by atoms with Gasteiger partial charge in [0.15, 0.2) is 0 Å². The molecule has 1 atom stereocenters. The number of amidine groups is 1.